The maximum atomic E-state index is 11.3. The normalized spacial score (nSPS) is 9.62. The molecule has 4 aromatic rings. The Morgan fingerprint density at radius 2 is 2.03 bits per heavy atom. The van der Waals surface area contributed by atoms with Crippen LogP contribution in [0.2, 0.25) is 5.02 Å². The average Bonchev–Trinajstić information content (AvgIpc) is 3.17. The van der Waals surface area contributed by atoms with Crippen LogP contribution in [0.5, 0.6) is 0 Å². The number of halogens is 3. The molecule has 0 amide bonds. The van der Waals surface area contributed by atoms with E-state index in [0.29, 0.717) is 32.2 Å². The molecular weight excluding hydrogens is 551 g/mol. The zero-order chi connectivity index (χ0) is 25.4. The minimum absolute atomic E-state index is 0.203. The molecule has 3 heterocycles. The molecule has 34 heavy (non-hydrogen) atoms. The van der Waals surface area contributed by atoms with E-state index in [-0.39, 0.29) is 11.1 Å². The Hall–Kier alpha value is -3.77. The number of carbonyl (C=O) groups excluding carboxylic acids is 1. The van der Waals surface area contributed by atoms with Gasteiger partial charge in [0.05, 0.1) is 28.6 Å². The number of nitrogens with one attached hydrogen (secondary N) is 1. The van der Waals surface area contributed by atoms with Crippen LogP contribution in [-0.4, -0.2) is 25.0 Å². The molecule has 13 heteroatoms. The number of rotatable bonds is 2. The molecular formula is C21H13BrCl2N6O4. The minimum atomic E-state index is -0.786. The predicted molar refractivity (Wildman–Crippen MR) is 130 cm³/mol. The molecule has 0 unspecified atom stereocenters. The van der Waals surface area contributed by atoms with E-state index >= 15 is 0 Å². The number of nitriles is 1. The lowest BCUT2D eigenvalue weighted by atomic mass is 10.1. The molecule has 3 aromatic heterocycles. The van der Waals surface area contributed by atoms with Crippen LogP contribution in [0.3, 0.4) is 0 Å². The number of H-pyrrole nitrogens is 1. The Morgan fingerprint density at radius 1 is 1.35 bits per heavy atom. The number of fused-ring (bicyclic) bond motifs is 1. The first-order valence-electron chi connectivity index (χ1n) is 9.05. The van der Waals surface area contributed by atoms with Gasteiger partial charge in [-0.3, -0.25) is 9.78 Å². The maximum Gasteiger partial charge on any atom is 0.419 e. The first kappa shape index (κ1) is 26.5. The molecule has 1 N–H and O–H groups in total. The Bertz CT molecular complexity index is 1560. The smallest absolute Gasteiger partial charge is 0.372 e. The molecule has 0 spiro atoms. The highest BCUT2D eigenvalue weighted by Gasteiger charge is 2.16. The van der Waals surface area contributed by atoms with E-state index in [1.54, 1.807) is 37.4 Å². The van der Waals surface area contributed by atoms with Crippen molar-refractivity contribution in [3.63, 3.8) is 0 Å². The molecule has 0 fully saturated rings. The molecule has 172 valence electrons. The number of hydrogen-bond donors (Lipinski definition) is 1. The SMILES string of the molecule is CC#N.O=C(Cl)c1cc(Br)nn1-c1ncccc1Cl.[C-]#[N+]c1cc(C)c2[nH]c(=O)oc(=O)c2c1. The summed E-state index contributed by atoms with van der Waals surface area (Å²) in [5.74, 6) is -0.426. The van der Waals surface area contributed by atoms with Gasteiger partial charge in [0.1, 0.15) is 10.3 Å². The molecule has 1 aromatic carbocycles. The van der Waals surface area contributed by atoms with Crippen LogP contribution in [-0.2, 0) is 0 Å². The lowest BCUT2D eigenvalue weighted by Gasteiger charge is -2.04. The standard InChI is InChI=1S/C10H6N2O3.C9H4BrCl2N3O.C2H3N/c1-5-3-6(11-2)4-7-8(5)12-10(14)15-9(7)13;10-7-4-6(8(12)16)15(14-7)9-5(11)2-1-3-13-9;1-2-3/h3-4H,1H3,(H,12,14);1-4H;1H3. The molecule has 0 saturated heterocycles. The average molecular weight is 564 g/mol. The lowest BCUT2D eigenvalue weighted by molar-refractivity contribution is 0.107. The van der Waals surface area contributed by atoms with Crippen LogP contribution >= 0.6 is 39.1 Å². The van der Waals surface area contributed by atoms with Crippen molar-refractivity contribution in [3.05, 3.63) is 89.8 Å². The molecule has 0 bridgehead atoms. The minimum Gasteiger partial charge on any atom is -0.372 e. The molecule has 0 aliphatic carbocycles. The number of carbonyl (C=O) groups is 1. The third kappa shape index (κ3) is 6.39. The van der Waals surface area contributed by atoms with E-state index in [1.807, 2.05) is 0 Å². The maximum absolute atomic E-state index is 11.3. The van der Waals surface area contributed by atoms with E-state index in [1.165, 1.54) is 23.7 Å². The number of nitrogens with zero attached hydrogens (tertiary/aromatic N) is 5. The number of hydrogen-bond acceptors (Lipinski definition) is 7. The summed E-state index contributed by atoms with van der Waals surface area (Å²) < 4.78 is 6.15. The summed E-state index contributed by atoms with van der Waals surface area (Å²) in [6.07, 6.45) is 1.55. The fraction of sp³-hybridized carbons (Fsp3) is 0.0952. The van der Waals surface area contributed by atoms with Gasteiger partial charge in [0, 0.05) is 19.2 Å². The fourth-order valence-electron chi connectivity index (χ4n) is 2.61. The zero-order valence-electron chi connectivity index (χ0n) is 17.5. The van der Waals surface area contributed by atoms with Crippen LogP contribution in [0.25, 0.3) is 21.6 Å². The Kier molecular flexibility index (Phi) is 9.27. The van der Waals surface area contributed by atoms with Crippen LogP contribution in [0, 0.1) is 24.8 Å². The van der Waals surface area contributed by atoms with Gasteiger partial charge in [-0.2, -0.15) is 10.4 Å². The summed E-state index contributed by atoms with van der Waals surface area (Å²) in [5.41, 5.74) is 0.919. The van der Waals surface area contributed by atoms with Crippen LogP contribution < -0.4 is 11.4 Å². The third-order valence-electron chi connectivity index (χ3n) is 3.90. The van der Waals surface area contributed by atoms with Crippen molar-refractivity contribution in [1.29, 1.82) is 5.26 Å². The van der Waals surface area contributed by atoms with Crippen molar-refractivity contribution in [1.82, 2.24) is 19.7 Å². The molecule has 0 aliphatic heterocycles. The van der Waals surface area contributed by atoms with E-state index in [9.17, 15) is 14.4 Å². The first-order valence-corrected chi connectivity index (χ1v) is 10.6. The van der Waals surface area contributed by atoms with E-state index in [4.69, 9.17) is 35.0 Å². The van der Waals surface area contributed by atoms with Crippen molar-refractivity contribution < 1.29 is 9.21 Å². The first-order chi connectivity index (χ1) is 16.1. The van der Waals surface area contributed by atoms with Crippen molar-refractivity contribution in [2.45, 2.75) is 13.8 Å². The monoisotopic (exact) mass is 562 g/mol. The number of aryl methyl sites for hydroxylation is 1. The van der Waals surface area contributed by atoms with E-state index < -0.39 is 16.6 Å². The van der Waals surface area contributed by atoms with Crippen LogP contribution in [0.4, 0.5) is 5.69 Å². The van der Waals surface area contributed by atoms with Gasteiger partial charge in [-0.1, -0.05) is 17.7 Å². The summed E-state index contributed by atoms with van der Waals surface area (Å²) in [5, 5.41) is 11.3. The summed E-state index contributed by atoms with van der Waals surface area (Å²) >= 11 is 14.5. The highest BCUT2D eigenvalue weighted by molar-refractivity contribution is 9.10. The van der Waals surface area contributed by atoms with Crippen molar-refractivity contribution in [3.8, 4) is 11.9 Å². The topological polar surface area (TPSA) is 139 Å². The quantitative estimate of drug-likeness (QED) is 0.269. The summed E-state index contributed by atoms with van der Waals surface area (Å²) in [6.45, 7) is 9.99. The predicted octanol–water partition coefficient (Wildman–Crippen LogP) is 4.93. The van der Waals surface area contributed by atoms with E-state index in [2.05, 4.69) is 40.3 Å². The number of benzene rings is 1. The van der Waals surface area contributed by atoms with Crippen LogP contribution in [0.1, 0.15) is 23.0 Å². The van der Waals surface area contributed by atoms with Crippen molar-refractivity contribution in [2.75, 3.05) is 0 Å². The Labute approximate surface area is 210 Å². The molecule has 10 nitrogen and oxygen atoms in total. The Morgan fingerprint density at radius 3 is 2.62 bits per heavy atom. The van der Waals surface area contributed by atoms with Gasteiger partial charge in [0.25, 0.3) is 5.24 Å². The van der Waals surface area contributed by atoms with Gasteiger partial charge in [0.15, 0.2) is 11.5 Å². The summed E-state index contributed by atoms with van der Waals surface area (Å²) in [4.78, 5) is 43.1. The van der Waals surface area contributed by atoms with Crippen LogP contribution in [0.15, 0.2) is 55.1 Å². The number of pyridine rings is 1. The largest absolute Gasteiger partial charge is 0.419 e. The lowest BCUT2D eigenvalue weighted by Crippen LogP contribution is -2.14. The van der Waals surface area contributed by atoms with E-state index in [0.717, 1.165) is 0 Å². The van der Waals surface area contributed by atoms with Gasteiger partial charge in [0.2, 0.25) is 0 Å². The molecule has 0 saturated carbocycles. The highest BCUT2D eigenvalue weighted by Crippen LogP contribution is 2.22. The van der Waals surface area contributed by atoms with Gasteiger partial charge in [-0.25, -0.2) is 24.1 Å². The zero-order valence-corrected chi connectivity index (χ0v) is 20.6. The van der Waals surface area contributed by atoms with Gasteiger partial charge >= 0.3 is 11.4 Å². The van der Waals surface area contributed by atoms with Gasteiger partial charge < -0.3 is 4.42 Å². The number of aromatic amines is 1. The van der Waals surface area contributed by atoms with Crippen molar-refractivity contribution >= 4 is 61.0 Å². The highest BCUT2D eigenvalue weighted by atomic mass is 79.9. The molecule has 0 aliphatic rings. The molecule has 4 rings (SSSR count). The van der Waals surface area contributed by atoms with Crippen molar-refractivity contribution in [2.24, 2.45) is 0 Å². The summed E-state index contributed by atoms with van der Waals surface area (Å²) in [7, 11) is 0. The van der Waals surface area contributed by atoms with Gasteiger partial charge in [-0.05, 0) is 58.2 Å². The Balaban J connectivity index is 0.000000216. The number of aromatic nitrogens is 4. The molecule has 0 atom stereocenters. The summed E-state index contributed by atoms with van der Waals surface area (Å²) in [6, 6.07) is 9.59. The second kappa shape index (κ2) is 11.9. The third-order valence-corrected chi connectivity index (χ3v) is 4.78. The van der Waals surface area contributed by atoms with Gasteiger partial charge in [-0.15, -0.1) is 0 Å². The molecule has 0 radical (unpaired) electrons. The second-order valence-electron chi connectivity index (χ2n) is 6.17. The second-order valence-corrected chi connectivity index (χ2v) is 7.73. The fourth-order valence-corrected chi connectivity index (χ4v) is 3.32.